The van der Waals surface area contributed by atoms with Gasteiger partial charge in [0.05, 0.1) is 0 Å². The summed E-state index contributed by atoms with van der Waals surface area (Å²) in [6.07, 6.45) is 0. The number of hydrogen-bond acceptors (Lipinski definition) is 5. The summed E-state index contributed by atoms with van der Waals surface area (Å²) in [6, 6.07) is 14.5. The lowest BCUT2D eigenvalue weighted by Crippen LogP contribution is -2.10. The van der Waals surface area contributed by atoms with Gasteiger partial charge in [-0.15, -0.1) is 0 Å². The second-order valence-corrected chi connectivity index (χ2v) is 5.69. The van der Waals surface area contributed by atoms with Gasteiger partial charge in [0.25, 0.3) is 0 Å². The number of hydrogen-bond donors (Lipinski definition) is 0. The third-order valence-corrected chi connectivity index (χ3v) is 3.37. The van der Waals surface area contributed by atoms with Gasteiger partial charge in [0.2, 0.25) is 6.79 Å². The molecule has 0 amide bonds. The Kier molecular flexibility index (Phi) is 6.33. The molecule has 0 radical (unpaired) electrons. The molecule has 0 saturated heterocycles. The summed E-state index contributed by atoms with van der Waals surface area (Å²) in [5.74, 6) is 0.0944. The monoisotopic (exact) mass is 352 g/mol. The zero-order valence-corrected chi connectivity index (χ0v) is 14.8. The van der Waals surface area contributed by atoms with Gasteiger partial charge in [-0.05, 0) is 49.2 Å². The number of esters is 2. The Bertz CT molecular complexity index is 816. The van der Waals surface area contributed by atoms with Crippen LogP contribution in [0.25, 0.3) is 11.1 Å². The van der Waals surface area contributed by atoms with Crippen molar-refractivity contribution in [3.05, 3.63) is 72.8 Å². The normalized spacial score (nSPS) is 9.92. The van der Waals surface area contributed by atoms with Crippen LogP contribution in [0.1, 0.15) is 13.8 Å². The minimum Gasteiger partial charge on any atom is -0.457 e. The van der Waals surface area contributed by atoms with E-state index < -0.39 is 11.9 Å². The molecule has 2 aromatic carbocycles. The van der Waals surface area contributed by atoms with Crippen molar-refractivity contribution >= 4 is 11.9 Å². The molecule has 0 unspecified atom stereocenters. The van der Waals surface area contributed by atoms with Crippen molar-refractivity contribution in [2.75, 3.05) is 6.79 Å². The molecule has 0 atom stereocenters. The van der Waals surface area contributed by atoms with E-state index in [1.807, 2.05) is 24.3 Å². The molecule has 5 nitrogen and oxygen atoms in total. The zero-order chi connectivity index (χ0) is 19.1. The van der Waals surface area contributed by atoms with Crippen LogP contribution in [0.4, 0.5) is 0 Å². The van der Waals surface area contributed by atoms with Gasteiger partial charge in [-0.3, -0.25) is 0 Å². The van der Waals surface area contributed by atoms with Crippen LogP contribution in [0.5, 0.6) is 11.5 Å². The molecule has 0 aliphatic rings. The van der Waals surface area contributed by atoms with Gasteiger partial charge in [0.1, 0.15) is 11.5 Å². The fourth-order valence-corrected chi connectivity index (χ4v) is 1.93. The number of rotatable bonds is 7. The van der Waals surface area contributed by atoms with Crippen LogP contribution in [0.2, 0.25) is 0 Å². The number of ether oxygens (including phenoxy) is 3. The Morgan fingerprint density at radius 3 is 1.69 bits per heavy atom. The summed E-state index contributed by atoms with van der Waals surface area (Å²) < 4.78 is 15.4. The summed E-state index contributed by atoms with van der Waals surface area (Å²) in [6.45, 7) is 10.0. The topological polar surface area (TPSA) is 61.8 Å². The summed E-state index contributed by atoms with van der Waals surface area (Å²) in [5.41, 5.74) is 2.59. The molecule has 0 heterocycles. The number of benzene rings is 2. The third-order valence-electron chi connectivity index (χ3n) is 3.37. The van der Waals surface area contributed by atoms with E-state index in [0.717, 1.165) is 11.1 Å². The lowest BCUT2D eigenvalue weighted by Gasteiger charge is -2.09. The van der Waals surface area contributed by atoms with Gasteiger partial charge in [0.15, 0.2) is 0 Å². The first-order valence-electron chi connectivity index (χ1n) is 7.90. The first-order valence-corrected chi connectivity index (χ1v) is 7.90. The molecule has 0 spiro atoms. The van der Waals surface area contributed by atoms with E-state index in [0.29, 0.717) is 22.6 Å². The third kappa shape index (κ3) is 5.34. The van der Waals surface area contributed by atoms with Crippen LogP contribution >= 0.6 is 0 Å². The molecular formula is C21H20O5. The van der Waals surface area contributed by atoms with E-state index in [9.17, 15) is 9.59 Å². The average molecular weight is 352 g/mol. The molecule has 0 aliphatic carbocycles. The van der Waals surface area contributed by atoms with E-state index in [1.165, 1.54) is 0 Å². The van der Waals surface area contributed by atoms with Gasteiger partial charge in [-0.25, -0.2) is 9.59 Å². The maximum Gasteiger partial charge on any atom is 0.338 e. The van der Waals surface area contributed by atoms with Crippen molar-refractivity contribution in [3.63, 3.8) is 0 Å². The van der Waals surface area contributed by atoms with E-state index in [2.05, 4.69) is 13.2 Å². The van der Waals surface area contributed by atoms with Gasteiger partial charge in [-0.2, -0.15) is 0 Å². The lowest BCUT2D eigenvalue weighted by atomic mass is 10.1. The molecular weight excluding hydrogens is 332 g/mol. The van der Waals surface area contributed by atoms with Crippen LogP contribution in [0.15, 0.2) is 72.8 Å². The molecule has 2 aromatic rings. The van der Waals surface area contributed by atoms with Crippen LogP contribution < -0.4 is 9.47 Å². The molecule has 2 rings (SSSR count). The van der Waals surface area contributed by atoms with Crippen LogP contribution in [0.3, 0.4) is 0 Å². The smallest absolute Gasteiger partial charge is 0.338 e. The van der Waals surface area contributed by atoms with Crippen molar-refractivity contribution in [2.24, 2.45) is 0 Å². The summed E-state index contributed by atoms with van der Waals surface area (Å²) in [4.78, 5) is 22.8. The highest BCUT2D eigenvalue weighted by molar-refractivity contribution is 5.88. The van der Waals surface area contributed by atoms with E-state index in [-0.39, 0.29) is 6.79 Å². The van der Waals surface area contributed by atoms with E-state index in [4.69, 9.17) is 14.2 Å². The second-order valence-electron chi connectivity index (χ2n) is 5.69. The minimum atomic E-state index is -0.492. The maximum absolute atomic E-state index is 11.5. The van der Waals surface area contributed by atoms with Crippen LogP contribution in [0, 0.1) is 0 Å². The summed E-state index contributed by atoms with van der Waals surface area (Å²) in [7, 11) is 0. The fraction of sp³-hybridized carbons (Fsp3) is 0.143. The maximum atomic E-state index is 11.5. The highest BCUT2D eigenvalue weighted by atomic mass is 16.7. The fourth-order valence-electron chi connectivity index (χ4n) is 1.93. The Morgan fingerprint density at radius 2 is 1.23 bits per heavy atom. The molecule has 0 bridgehead atoms. The molecule has 5 heteroatoms. The predicted molar refractivity (Wildman–Crippen MR) is 98.7 cm³/mol. The van der Waals surface area contributed by atoms with Gasteiger partial charge < -0.3 is 14.2 Å². The molecule has 0 fully saturated rings. The molecule has 0 N–H and O–H groups in total. The van der Waals surface area contributed by atoms with Crippen LogP contribution in [-0.2, 0) is 14.3 Å². The Balaban J connectivity index is 1.95. The highest BCUT2D eigenvalue weighted by Crippen LogP contribution is 2.25. The molecule has 134 valence electrons. The Hall–Kier alpha value is -3.34. The molecule has 0 aromatic heterocycles. The standard InChI is InChI=1S/C21H20O5/c1-14(2)20(22)25-13-24-18-9-5-16(6-10-18)17-7-11-19(12-8-17)26-21(23)15(3)4/h5-12H,1,3,13H2,2,4H3. The minimum absolute atomic E-state index is 0.173. The average Bonchev–Trinajstić information content (AvgIpc) is 2.62. The second kappa shape index (κ2) is 8.67. The first-order chi connectivity index (χ1) is 12.4. The number of carbonyl (C=O) groups is 2. The van der Waals surface area contributed by atoms with Crippen molar-refractivity contribution in [1.82, 2.24) is 0 Å². The summed E-state index contributed by atoms with van der Waals surface area (Å²) >= 11 is 0. The Labute approximate surface area is 152 Å². The SMILES string of the molecule is C=C(C)C(=O)OCOc1ccc(-c2ccc(OC(=O)C(=C)C)cc2)cc1. The van der Waals surface area contributed by atoms with Crippen LogP contribution in [-0.4, -0.2) is 18.7 Å². The van der Waals surface area contributed by atoms with Crippen molar-refractivity contribution < 1.29 is 23.8 Å². The van der Waals surface area contributed by atoms with Gasteiger partial charge in [-0.1, -0.05) is 37.4 Å². The van der Waals surface area contributed by atoms with Gasteiger partial charge in [0, 0.05) is 11.1 Å². The lowest BCUT2D eigenvalue weighted by molar-refractivity contribution is -0.145. The summed E-state index contributed by atoms with van der Waals surface area (Å²) in [5, 5.41) is 0. The zero-order valence-electron chi connectivity index (χ0n) is 14.8. The number of carbonyl (C=O) groups excluding carboxylic acids is 2. The molecule has 26 heavy (non-hydrogen) atoms. The molecule has 0 aliphatic heterocycles. The van der Waals surface area contributed by atoms with Crippen molar-refractivity contribution in [1.29, 1.82) is 0 Å². The van der Waals surface area contributed by atoms with Gasteiger partial charge >= 0.3 is 11.9 Å². The largest absolute Gasteiger partial charge is 0.457 e. The van der Waals surface area contributed by atoms with E-state index >= 15 is 0 Å². The quantitative estimate of drug-likeness (QED) is 0.322. The highest BCUT2D eigenvalue weighted by Gasteiger charge is 2.06. The van der Waals surface area contributed by atoms with Crippen molar-refractivity contribution in [2.45, 2.75) is 13.8 Å². The van der Waals surface area contributed by atoms with E-state index in [1.54, 1.807) is 38.1 Å². The Morgan fingerprint density at radius 1 is 0.769 bits per heavy atom. The first kappa shape index (κ1) is 19.0. The molecule has 0 saturated carbocycles. The predicted octanol–water partition coefficient (Wildman–Crippen LogP) is 4.29. The van der Waals surface area contributed by atoms with Crippen molar-refractivity contribution in [3.8, 4) is 22.6 Å².